The lowest BCUT2D eigenvalue weighted by molar-refractivity contribution is -0.113. The van der Waals surface area contributed by atoms with E-state index in [0.29, 0.717) is 26.6 Å². The molecule has 0 aliphatic carbocycles. The fraction of sp³-hybridized carbons (Fsp3) is 0.105. The Morgan fingerprint density at radius 3 is 2.70 bits per heavy atom. The molecule has 2 aromatic carbocycles. The number of halogens is 3. The average molecular weight is 450 g/mol. The first-order chi connectivity index (χ1) is 12.9. The highest BCUT2D eigenvalue weighted by molar-refractivity contribution is 9.10. The minimum atomic E-state index is -0.519. The standard InChI is InChI=1S/C19H14BrF2N3OS/c1-11-7-18(25-19(23-11)12-3-2-4-14(21)8-12)27-10-17(26)24-16-6-5-13(20)9-15(16)22/h2-9H,10H2,1H3,(H,24,26). The highest BCUT2D eigenvalue weighted by atomic mass is 79.9. The molecular formula is C19H14BrF2N3OS. The van der Waals surface area contributed by atoms with Crippen LogP contribution in [0.3, 0.4) is 0 Å². The molecule has 0 unspecified atom stereocenters. The van der Waals surface area contributed by atoms with E-state index >= 15 is 0 Å². The van der Waals surface area contributed by atoms with E-state index in [1.807, 2.05) is 0 Å². The van der Waals surface area contributed by atoms with Gasteiger partial charge in [0.05, 0.1) is 11.4 Å². The van der Waals surface area contributed by atoms with Gasteiger partial charge in [-0.1, -0.05) is 39.8 Å². The minimum absolute atomic E-state index is 0.0501. The Morgan fingerprint density at radius 2 is 1.96 bits per heavy atom. The number of nitrogens with one attached hydrogen (secondary N) is 1. The van der Waals surface area contributed by atoms with Gasteiger partial charge in [-0.05, 0) is 43.3 Å². The molecule has 0 aliphatic rings. The molecule has 8 heteroatoms. The third-order valence-corrected chi connectivity index (χ3v) is 4.87. The number of benzene rings is 2. The van der Waals surface area contributed by atoms with Crippen molar-refractivity contribution in [1.82, 2.24) is 9.97 Å². The summed E-state index contributed by atoms with van der Waals surface area (Å²) in [5.41, 5.74) is 1.37. The molecule has 0 aliphatic heterocycles. The van der Waals surface area contributed by atoms with Crippen LogP contribution in [0.2, 0.25) is 0 Å². The van der Waals surface area contributed by atoms with Crippen LogP contribution < -0.4 is 5.32 Å². The average Bonchev–Trinajstić information content (AvgIpc) is 2.62. The van der Waals surface area contributed by atoms with E-state index in [9.17, 15) is 13.6 Å². The van der Waals surface area contributed by atoms with Gasteiger partial charge in [0.1, 0.15) is 16.7 Å². The number of thioether (sulfide) groups is 1. The molecule has 0 bridgehead atoms. The normalized spacial score (nSPS) is 10.7. The van der Waals surface area contributed by atoms with Gasteiger partial charge in [-0.2, -0.15) is 0 Å². The molecule has 1 amide bonds. The zero-order valence-corrected chi connectivity index (χ0v) is 16.6. The number of aromatic nitrogens is 2. The van der Waals surface area contributed by atoms with Crippen LogP contribution in [0.4, 0.5) is 14.5 Å². The highest BCUT2D eigenvalue weighted by Gasteiger charge is 2.11. The molecule has 1 N–H and O–H groups in total. The Morgan fingerprint density at radius 1 is 1.15 bits per heavy atom. The Hall–Kier alpha value is -2.32. The first kappa shape index (κ1) is 19.4. The predicted octanol–water partition coefficient (Wildman–Crippen LogP) is 5.22. The number of aryl methyl sites for hydroxylation is 1. The molecule has 3 aromatic rings. The van der Waals surface area contributed by atoms with Crippen molar-refractivity contribution in [3.8, 4) is 11.4 Å². The van der Waals surface area contributed by atoms with Crippen molar-refractivity contribution in [2.75, 3.05) is 11.1 Å². The Balaban J connectivity index is 1.69. The van der Waals surface area contributed by atoms with Gasteiger partial charge in [-0.25, -0.2) is 18.7 Å². The summed E-state index contributed by atoms with van der Waals surface area (Å²) in [6.07, 6.45) is 0. The molecule has 1 aromatic heterocycles. The molecule has 0 saturated heterocycles. The van der Waals surface area contributed by atoms with Crippen molar-refractivity contribution >= 4 is 39.3 Å². The largest absolute Gasteiger partial charge is 0.323 e. The van der Waals surface area contributed by atoms with Gasteiger partial charge in [0, 0.05) is 15.7 Å². The summed E-state index contributed by atoms with van der Waals surface area (Å²) in [7, 11) is 0. The third kappa shape index (κ3) is 5.33. The third-order valence-electron chi connectivity index (χ3n) is 3.47. The Labute approximate surface area is 167 Å². The summed E-state index contributed by atoms with van der Waals surface area (Å²) < 4.78 is 27.8. The van der Waals surface area contributed by atoms with E-state index in [0.717, 1.165) is 0 Å². The maximum atomic E-state index is 13.8. The van der Waals surface area contributed by atoms with Gasteiger partial charge in [0.15, 0.2) is 5.82 Å². The summed E-state index contributed by atoms with van der Waals surface area (Å²) in [6, 6.07) is 12.2. The monoisotopic (exact) mass is 449 g/mol. The number of amides is 1. The first-order valence-corrected chi connectivity index (χ1v) is 9.68. The van der Waals surface area contributed by atoms with Crippen LogP contribution in [0.5, 0.6) is 0 Å². The molecule has 3 rings (SSSR count). The fourth-order valence-corrected chi connectivity index (χ4v) is 3.38. The van der Waals surface area contributed by atoms with E-state index in [1.165, 1.54) is 36.0 Å². The lowest BCUT2D eigenvalue weighted by atomic mass is 10.2. The number of carbonyl (C=O) groups excluding carboxylic acids is 1. The maximum Gasteiger partial charge on any atom is 0.234 e. The summed E-state index contributed by atoms with van der Waals surface area (Å²) in [5.74, 6) is -0.813. The molecule has 27 heavy (non-hydrogen) atoms. The number of hydrogen-bond donors (Lipinski definition) is 1. The van der Waals surface area contributed by atoms with Crippen molar-refractivity contribution in [3.63, 3.8) is 0 Å². The molecule has 1 heterocycles. The molecule has 138 valence electrons. The second-order valence-corrected chi connectivity index (χ2v) is 7.55. The Kier molecular flexibility index (Phi) is 6.18. The van der Waals surface area contributed by atoms with Gasteiger partial charge in [0.2, 0.25) is 5.91 Å². The van der Waals surface area contributed by atoms with Gasteiger partial charge < -0.3 is 5.32 Å². The van der Waals surface area contributed by atoms with E-state index in [2.05, 4.69) is 31.2 Å². The van der Waals surface area contributed by atoms with Crippen molar-refractivity contribution in [3.05, 3.63) is 70.3 Å². The SMILES string of the molecule is Cc1cc(SCC(=O)Nc2ccc(Br)cc2F)nc(-c2cccc(F)c2)n1. The van der Waals surface area contributed by atoms with Crippen LogP contribution >= 0.6 is 27.7 Å². The van der Waals surface area contributed by atoms with Gasteiger partial charge in [-0.15, -0.1) is 0 Å². The molecule has 0 atom stereocenters. The number of anilines is 1. The first-order valence-electron chi connectivity index (χ1n) is 7.90. The number of carbonyl (C=O) groups is 1. The van der Waals surface area contributed by atoms with Gasteiger partial charge in [0.25, 0.3) is 0 Å². The smallest absolute Gasteiger partial charge is 0.234 e. The zero-order chi connectivity index (χ0) is 19.4. The minimum Gasteiger partial charge on any atom is -0.323 e. The summed E-state index contributed by atoms with van der Waals surface area (Å²) >= 11 is 4.36. The second kappa shape index (κ2) is 8.58. The highest BCUT2D eigenvalue weighted by Crippen LogP contribution is 2.23. The van der Waals surface area contributed by atoms with E-state index in [-0.39, 0.29) is 23.2 Å². The van der Waals surface area contributed by atoms with Crippen LogP contribution in [0.15, 0.2) is 58.0 Å². The lowest BCUT2D eigenvalue weighted by Gasteiger charge is -2.08. The lowest BCUT2D eigenvalue weighted by Crippen LogP contribution is -2.15. The van der Waals surface area contributed by atoms with E-state index < -0.39 is 5.82 Å². The molecule has 0 saturated carbocycles. The number of nitrogens with zero attached hydrogens (tertiary/aromatic N) is 2. The van der Waals surface area contributed by atoms with Gasteiger partial charge in [-0.3, -0.25) is 4.79 Å². The fourth-order valence-electron chi connectivity index (χ4n) is 2.29. The number of hydrogen-bond acceptors (Lipinski definition) is 4. The topological polar surface area (TPSA) is 54.9 Å². The Bertz CT molecular complexity index is 1000. The maximum absolute atomic E-state index is 13.8. The molecule has 4 nitrogen and oxygen atoms in total. The molecule has 0 radical (unpaired) electrons. The van der Waals surface area contributed by atoms with Crippen LogP contribution in [-0.4, -0.2) is 21.6 Å². The van der Waals surface area contributed by atoms with Crippen molar-refractivity contribution < 1.29 is 13.6 Å². The zero-order valence-electron chi connectivity index (χ0n) is 14.2. The van der Waals surface area contributed by atoms with Crippen LogP contribution in [-0.2, 0) is 4.79 Å². The summed E-state index contributed by atoms with van der Waals surface area (Å²) in [4.78, 5) is 20.8. The van der Waals surface area contributed by atoms with Crippen molar-refractivity contribution in [2.24, 2.45) is 0 Å². The second-order valence-electron chi connectivity index (χ2n) is 5.64. The van der Waals surface area contributed by atoms with E-state index in [1.54, 1.807) is 31.2 Å². The summed E-state index contributed by atoms with van der Waals surface area (Å²) in [6.45, 7) is 1.80. The number of rotatable bonds is 5. The van der Waals surface area contributed by atoms with Crippen molar-refractivity contribution in [1.29, 1.82) is 0 Å². The van der Waals surface area contributed by atoms with E-state index in [4.69, 9.17) is 0 Å². The van der Waals surface area contributed by atoms with Gasteiger partial charge >= 0.3 is 0 Å². The van der Waals surface area contributed by atoms with Crippen LogP contribution in [0, 0.1) is 18.6 Å². The van der Waals surface area contributed by atoms with Crippen molar-refractivity contribution in [2.45, 2.75) is 11.9 Å². The summed E-state index contributed by atoms with van der Waals surface area (Å²) in [5, 5.41) is 3.10. The van der Waals surface area contributed by atoms with Crippen LogP contribution in [0.25, 0.3) is 11.4 Å². The molecule has 0 fully saturated rings. The predicted molar refractivity (Wildman–Crippen MR) is 106 cm³/mol. The molecular weight excluding hydrogens is 436 g/mol. The van der Waals surface area contributed by atoms with Crippen LogP contribution in [0.1, 0.15) is 5.69 Å². The molecule has 0 spiro atoms. The quantitative estimate of drug-likeness (QED) is 0.428.